The summed E-state index contributed by atoms with van der Waals surface area (Å²) in [5, 5.41) is 9.81. The summed E-state index contributed by atoms with van der Waals surface area (Å²) in [5.41, 5.74) is 5.78. The molecule has 0 heterocycles. The lowest BCUT2D eigenvalue weighted by Crippen LogP contribution is -2.36. The van der Waals surface area contributed by atoms with E-state index in [2.05, 4.69) is 0 Å². The van der Waals surface area contributed by atoms with Gasteiger partial charge in [-0.15, -0.1) is 0 Å². The van der Waals surface area contributed by atoms with Crippen LogP contribution in [0, 0.1) is 5.92 Å². The van der Waals surface area contributed by atoms with Crippen LogP contribution in [-0.4, -0.2) is 34.0 Å². The Kier molecular flexibility index (Phi) is 6.23. The van der Waals surface area contributed by atoms with Crippen molar-refractivity contribution >= 4 is 34.7 Å². The summed E-state index contributed by atoms with van der Waals surface area (Å²) in [4.78, 5) is 14.5. The number of carbonyl (C=O) groups is 1. The van der Waals surface area contributed by atoms with Gasteiger partial charge in [-0.05, 0) is 24.1 Å². The van der Waals surface area contributed by atoms with Crippen molar-refractivity contribution in [1.82, 2.24) is 4.90 Å². The normalized spacial score (nSPS) is 10.6. The molecule has 6 heteroatoms. The number of nitrogens with two attached hydrogens (primary N) is 1. The van der Waals surface area contributed by atoms with Crippen LogP contribution in [0.4, 0.5) is 0 Å². The summed E-state index contributed by atoms with van der Waals surface area (Å²) in [6.07, 6.45) is 0.463. The molecule has 0 saturated carbocycles. The number of amides is 1. The highest BCUT2D eigenvalue weighted by Crippen LogP contribution is 2.23. The van der Waals surface area contributed by atoms with E-state index in [4.69, 9.17) is 29.6 Å². The Morgan fingerprint density at radius 1 is 1.50 bits per heavy atom. The molecule has 110 valence electrons. The van der Waals surface area contributed by atoms with Crippen molar-refractivity contribution in [3.8, 4) is 5.75 Å². The molecule has 0 atom stereocenters. The van der Waals surface area contributed by atoms with Gasteiger partial charge in [0.1, 0.15) is 5.75 Å². The van der Waals surface area contributed by atoms with E-state index in [0.29, 0.717) is 35.4 Å². The smallest absolute Gasteiger partial charge is 0.255 e. The van der Waals surface area contributed by atoms with Gasteiger partial charge in [-0.1, -0.05) is 37.7 Å². The maximum absolute atomic E-state index is 12.5. The maximum atomic E-state index is 12.5. The van der Waals surface area contributed by atoms with Gasteiger partial charge in [0, 0.05) is 19.5 Å². The second kappa shape index (κ2) is 7.45. The van der Waals surface area contributed by atoms with Crippen molar-refractivity contribution in [2.75, 3.05) is 13.1 Å². The van der Waals surface area contributed by atoms with Crippen LogP contribution in [0.2, 0.25) is 5.02 Å². The number of carbonyl (C=O) groups excluding carboxylic acids is 1. The molecule has 1 amide bonds. The highest BCUT2D eigenvalue weighted by atomic mass is 35.5. The number of aromatic hydroxyl groups is 1. The molecule has 0 aliphatic rings. The van der Waals surface area contributed by atoms with Crippen LogP contribution in [-0.2, 0) is 0 Å². The van der Waals surface area contributed by atoms with Crippen molar-refractivity contribution in [3.05, 3.63) is 28.8 Å². The molecule has 4 nitrogen and oxygen atoms in total. The molecule has 0 saturated heterocycles. The largest absolute Gasteiger partial charge is 0.508 e. The number of rotatable bonds is 6. The van der Waals surface area contributed by atoms with E-state index in [9.17, 15) is 9.90 Å². The Morgan fingerprint density at radius 3 is 2.70 bits per heavy atom. The summed E-state index contributed by atoms with van der Waals surface area (Å²) in [5.74, 6) is 0.0915. The third-order valence-corrected chi connectivity index (χ3v) is 3.21. The van der Waals surface area contributed by atoms with E-state index in [-0.39, 0.29) is 17.2 Å². The summed E-state index contributed by atoms with van der Waals surface area (Å²) < 4.78 is 0. The summed E-state index contributed by atoms with van der Waals surface area (Å²) in [6, 6.07) is 4.32. The third kappa shape index (κ3) is 4.98. The molecule has 1 aromatic carbocycles. The molecule has 0 aromatic heterocycles. The Morgan fingerprint density at radius 2 is 2.15 bits per heavy atom. The van der Waals surface area contributed by atoms with Gasteiger partial charge in [-0.3, -0.25) is 4.79 Å². The standard InChI is InChI=1S/C14H19ClN2O2S/c1-9(2)8-17(6-5-13(16)20)14(19)11-7-10(18)3-4-12(11)15/h3-4,7,9,18H,5-6,8H2,1-2H3,(H2,16,20). The van der Waals surface area contributed by atoms with E-state index in [0.717, 1.165) is 0 Å². The average molecular weight is 315 g/mol. The Labute approximate surface area is 129 Å². The highest BCUT2D eigenvalue weighted by molar-refractivity contribution is 7.80. The average Bonchev–Trinajstić information content (AvgIpc) is 2.36. The van der Waals surface area contributed by atoms with Gasteiger partial charge in [0.25, 0.3) is 5.91 Å². The number of hydrogen-bond donors (Lipinski definition) is 2. The van der Waals surface area contributed by atoms with Gasteiger partial charge < -0.3 is 15.7 Å². The second-order valence-electron chi connectivity index (χ2n) is 5.03. The molecule has 0 fully saturated rings. The zero-order valence-electron chi connectivity index (χ0n) is 11.6. The SMILES string of the molecule is CC(C)CN(CCC(N)=S)C(=O)c1cc(O)ccc1Cl. The second-order valence-corrected chi connectivity index (χ2v) is 5.96. The van der Waals surface area contributed by atoms with Crippen molar-refractivity contribution < 1.29 is 9.90 Å². The van der Waals surface area contributed by atoms with E-state index in [1.54, 1.807) is 4.90 Å². The molecule has 0 unspecified atom stereocenters. The lowest BCUT2D eigenvalue weighted by Gasteiger charge is -2.25. The lowest BCUT2D eigenvalue weighted by molar-refractivity contribution is 0.0741. The van der Waals surface area contributed by atoms with E-state index < -0.39 is 0 Å². The molecule has 20 heavy (non-hydrogen) atoms. The predicted molar refractivity (Wildman–Crippen MR) is 85.3 cm³/mol. The number of halogens is 1. The number of hydrogen-bond acceptors (Lipinski definition) is 3. The van der Waals surface area contributed by atoms with Gasteiger partial charge in [-0.2, -0.15) is 0 Å². The quantitative estimate of drug-likeness (QED) is 0.792. The first-order valence-corrected chi connectivity index (χ1v) is 7.16. The van der Waals surface area contributed by atoms with E-state index >= 15 is 0 Å². The summed E-state index contributed by atoms with van der Waals surface area (Å²) >= 11 is 10.9. The molecule has 1 rings (SSSR count). The minimum absolute atomic E-state index is 0.0107. The lowest BCUT2D eigenvalue weighted by atomic mass is 10.1. The predicted octanol–water partition coefficient (Wildman–Crippen LogP) is 2.82. The van der Waals surface area contributed by atoms with Crippen LogP contribution in [0.3, 0.4) is 0 Å². The van der Waals surface area contributed by atoms with Crippen molar-refractivity contribution in [3.63, 3.8) is 0 Å². The van der Waals surface area contributed by atoms with E-state index in [1.165, 1.54) is 18.2 Å². The van der Waals surface area contributed by atoms with Crippen molar-refractivity contribution in [1.29, 1.82) is 0 Å². The molecule has 0 bridgehead atoms. The Bertz CT molecular complexity index is 506. The molecule has 0 spiro atoms. The minimum Gasteiger partial charge on any atom is -0.508 e. The fraction of sp³-hybridized carbons (Fsp3) is 0.429. The molecular formula is C14H19ClN2O2S. The van der Waals surface area contributed by atoms with Crippen LogP contribution in [0.15, 0.2) is 18.2 Å². The Balaban J connectivity index is 2.96. The van der Waals surface area contributed by atoms with E-state index in [1.807, 2.05) is 13.8 Å². The highest BCUT2D eigenvalue weighted by Gasteiger charge is 2.20. The van der Waals surface area contributed by atoms with Crippen molar-refractivity contribution in [2.45, 2.75) is 20.3 Å². The fourth-order valence-electron chi connectivity index (χ4n) is 1.81. The van der Waals surface area contributed by atoms with Gasteiger partial charge in [0.15, 0.2) is 0 Å². The van der Waals surface area contributed by atoms with Gasteiger partial charge in [0.2, 0.25) is 0 Å². The first-order valence-electron chi connectivity index (χ1n) is 6.37. The van der Waals surface area contributed by atoms with Crippen molar-refractivity contribution in [2.24, 2.45) is 11.7 Å². The topological polar surface area (TPSA) is 66.6 Å². The van der Waals surface area contributed by atoms with Crippen LogP contribution in [0.5, 0.6) is 5.75 Å². The fourth-order valence-corrected chi connectivity index (χ4v) is 2.10. The minimum atomic E-state index is -0.226. The zero-order chi connectivity index (χ0) is 15.3. The maximum Gasteiger partial charge on any atom is 0.255 e. The molecular weight excluding hydrogens is 296 g/mol. The van der Waals surface area contributed by atoms with Crippen LogP contribution < -0.4 is 5.73 Å². The Hall–Kier alpha value is -1.33. The molecule has 0 radical (unpaired) electrons. The number of nitrogens with zero attached hydrogens (tertiary/aromatic N) is 1. The van der Waals surface area contributed by atoms with Crippen LogP contribution >= 0.6 is 23.8 Å². The monoisotopic (exact) mass is 314 g/mol. The summed E-state index contributed by atoms with van der Waals surface area (Å²) in [6.45, 7) is 5.06. The third-order valence-electron chi connectivity index (χ3n) is 2.68. The number of thiocarbonyl (C=S) groups is 1. The van der Waals surface area contributed by atoms with Gasteiger partial charge in [-0.25, -0.2) is 0 Å². The number of phenolic OH excluding ortho intramolecular Hbond substituents is 1. The number of phenols is 1. The number of benzene rings is 1. The van der Waals surface area contributed by atoms with Crippen LogP contribution in [0.1, 0.15) is 30.6 Å². The van der Waals surface area contributed by atoms with Gasteiger partial charge >= 0.3 is 0 Å². The summed E-state index contributed by atoms with van der Waals surface area (Å²) in [7, 11) is 0. The zero-order valence-corrected chi connectivity index (χ0v) is 13.2. The molecule has 0 aliphatic heterocycles. The molecule has 1 aromatic rings. The van der Waals surface area contributed by atoms with Gasteiger partial charge in [0.05, 0.1) is 15.6 Å². The van der Waals surface area contributed by atoms with Crippen LogP contribution in [0.25, 0.3) is 0 Å². The molecule has 3 N–H and O–H groups in total. The first kappa shape index (κ1) is 16.7. The first-order chi connectivity index (χ1) is 9.31. The molecule has 0 aliphatic carbocycles.